The Morgan fingerprint density at radius 3 is 2.37 bits per heavy atom. The summed E-state index contributed by atoms with van der Waals surface area (Å²) >= 11 is 0. The van der Waals surface area contributed by atoms with E-state index in [1.807, 2.05) is 5.32 Å². The highest BCUT2D eigenvalue weighted by atomic mass is 16.4. The van der Waals surface area contributed by atoms with Gasteiger partial charge in [-0.25, -0.2) is 4.79 Å². The maximum absolute atomic E-state index is 11.2. The molecule has 0 aromatic heterocycles. The van der Waals surface area contributed by atoms with Crippen LogP contribution in [-0.4, -0.2) is 47.5 Å². The lowest BCUT2D eigenvalue weighted by Gasteiger charge is -2.31. The molecule has 1 aliphatic heterocycles. The predicted molar refractivity (Wildman–Crippen MR) is 68.4 cm³/mol. The van der Waals surface area contributed by atoms with Gasteiger partial charge >= 0.3 is 12.0 Å². The normalized spacial score (nSPS) is 17.1. The molecule has 0 spiro atoms. The first-order chi connectivity index (χ1) is 8.97. The van der Waals surface area contributed by atoms with E-state index in [1.54, 1.807) is 0 Å². The summed E-state index contributed by atoms with van der Waals surface area (Å²) in [6, 6.07) is -0.822. The van der Waals surface area contributed by atoms with Crippen LogP contribution in [0.5, 0.6) is 0 Å². The van der Waals surface area contributed by atoms with Crippen LogP contribution in [0.2, 0.25) is 0 Å². The van der Waals surface area contributed by atoms with Gasteiger partial charge in [-0.15, -0.1) is 0 Å². The molecule has 1 fully saturated rings. The summed E-state index contributed by atoms with van der Waals surface area (Å²) in [5.41, 5.74) is 4.85. The molecule has 1 aliphatic rings. The Balaban J connectivity index is 2.14. The molecule has 0 radical (unpaired) electrons. The van der Waals surface area contributed by atoms with Crippen LogP contribution in [0, 0.1) is 5.92 Å². The number of carboxylic acid groups (broad SMARTS) is 1. The molecule has 19 heavy (non-hydrogen) atoms. The van der Waals surface area contributed by atoms with Gasteiger partial charge in [0.15, 0.2) is 0 Å². The number of amides is 3. The molecule has 0 atom stereocenters. The van der Waals surface area contributed by atoms with Crippen molar-refractivity contribution in [2.45, 2.75) is 32.1 Å². The van der Waals surface area contributed by atoms with E-state index < -0.39 is 12.0 Å². The number of imide groups is 1. The number of nitrogens with one attached hydrogen (secondary N) is 1. The molecular formula is C12H21N3O4. The Bertz CT molecular complexity index is 338. The van der Waals surface area contributed by atoms with Gasteiger partial charge in [-0.1, -0.05) is 0 Å². The van der Waals surface area contributed by atoms with E-state index in [1.165, 1.54) is 0 Å². The number of carboxylic acids is 1. The third-order valence-electron chi connectivity index (χ3n) is 3.39. The van der Waals surface area contributed by atoms with E-state index in [2.05, 4.69) is 4.90 Å². The molecule has 0 unspecified atom stereocenters. The number of carbonyl (C=O) groups is 3. The molecular weight excluding hydrogens is 250 g/mol. The van der Waals surface area contributed by atoms with E-state index >= 15 is 0 Å². The zero-order valence-corrected chi connectivity index (χ0v) is 10.9. The first kappa shape index (κ1) is 15.4. The Kier molecular flexibility index (Phi) is 6.27. The van der Waals surface area contributed by atoms with Gasteiger partial charge in [-0.2, -0.15) is 0 Å². The molecule has 0 aliphatic carbocycles. The smallest absolute Gasteiger partial charge is 0.318 e. The van der Waals surface area contributed by atoms with Gasteiger partial charge in [0, 0.05) is 19.4 Å². The quantitative estimate of drug-likeness (QED) is 0.636. The van der Waals surface area contributed by atoms with Gasteiger partial charge in [-0.05, 0) is 38.3 Å². The molecule has 1 rings (SSSR count). The summed E-state index contributed by atoms with van der Waals surface area (Å²) in [4.78, 5) is 34.3. The number of hydrogen-bond acceptors (Lipinski definition) is 4. The van der Waals surface area contributed by atoms with Crippen molar-refractivity contribution in [3.05, 3.63) is 0 Å². The van der Waals surface area contributed by atoms with Gasteiger partial charge in [0.25, 0.3) is 0 Å². The minimum Gasteiger partial charge on any atom is -0.481 e. The zero-order chi connectivity index (χ0) is 14.3. The number of aliphatic carboxylic acids is 1. The third kappa shape index (κ3) is 6.76. The molecule has 1 heterocycles. The van der Waals surface area contributed by atoms with Crippen LogP contribution in [0.25, 0.3) is 0 Å². The first-order valence-electron chi connectivity index (χ1n) is 6.51. The van der Waals surface area contributed by atoms with Crippen molar-refractivity contribution >= 4 is 17.9 Å². The molecule has 7 nitrogen and oxygen atoms in total. The van der Waals surface area contributed by atoms with E-state index in [9.17, 15) is 14.4 Å². The van der Waals surface area contributed by atoms with Crippen LogP contribution >= 0.6 is 0 Å². The van der Waals surface area contributed by atoms with Gasteiger partial charge in [0.05, 0.1) is 0 Å². The minimum atomic E-state index is -0.822. The topological polar surface area (TPSA) is 113 Å². The van der Waals surface area contributed by atoms with Crippen LogP contribution in [0.15, 0.2) is 0 Å². The lowest BCUT2D eigenvalue weighted by atomic mass is 9.92. The monoisotopic (exact) mass is 271 g/mol. The number of piperidine rings is 1. The summed E-state index contributed by atoms with van der Waals surface area (Å²) in [6.07, 6.45) is 3.13. The molecule has 0 aromatic carbocycles. The highest BCUT2D eigenvalue weighted by Gasteiger charge is 2.20. The Morgan fingerprint density at radius 1 is 1.21 bits per heavy atom. The lowest BCUT2D eigenvalue weighted by molar-refractivity contribution is -0.137. The van der Waals surface area contributed by atoms with Crippen molar-refractivity contribution in [3.63, 3.8) is 0 Å². The summed E-state index contributed by atoms with van der Waals surface area (Å²) in [5.74, 6) is -0.641. The van der Waals surface area contributed by atoms with Crippen molar-refractivity contribution in [2.24, 2.45) is 11.7 Å². The second kappa shape index (κ2) is 7.73. The van der Waals surface area contributed by atoms with Crippen LogP contribution < -0.4 is 11.1 Å². The highest BCUT2D eigenvalue weighted by Crippen LogP contribution is 2.21. The van der Waals surface area contributed by atoms with Crippen molar-refractivity contribution in [1.82, 2.24) is 10.2 Å². The largest absolute Gasteiger partial charge is 0.481 e. The summed E-state index contributed by atoms with van der Waals surface area (Å²) in [6.45, 7) is 2.34. The second-order valence-corrected chi connectivity index (χ2v) is 4.88. The highest BCUT2D eigenvalue weighted by molar-refractivity contribution is 5.93. The molecule has 0 bridgehead atoms. The fourth-order valence-electron chi connectivity index (χ4n) is 2.29. The molecule has 7 heteroatoms. The number of urea groups is 1. The van der Waals surface area contributed by atoms with Crippen LogP contribution in [0.4, 0.5) is 4.79 Å². The van der Waals surface area contributed by atoms with Crippen molar-refractivity contribution in [1.29, 1.82) is 0 Å². The average molecular weight is 271 g/mol. The van der Waals surface area contributed by atoms with Crippen LogP contribution in [0.1, 0.15) is 32.1 Å². The second-order valence-electron chi connectivity index (χ2n) is 4.88. The maximum Gasteiger partial charge on any atom is 0.318 e. The standard InChI is InChI=1S/C12H21N3O4/c13-12(19)14-10(16)5-8-15-6-3-9(4-7-15)1-2-11(17)18/h9H,1-8H2,(H,17,18)(H3,13,14,16,19). The lowest BCUT2D eigenvalue weighted by Crippen LogP contribution is -2.39. The Morgan fingerprint density at radius 2 is 1.84 bits per heavy atom. The summed E-state index contributed by atoms with van der Waals surface area (Å²) < 4.78 is 0. The van der Waals surface area contributed by atoms with Crippen LogP contribution in [0.3, 0.4) is 0 Å². The summed E-state index contributed by atoms with van der Waals surface area (Å²) in [5, 5.41) is 10.7. The molecule has 108 valence electrons. The summed E-state index contributed by atoms with van der Waals surface area (Å²) in [7, 11) is 0. The first-order valence-corrected chi connectivity index (χ1v) is 6.51. The number of nitrogens with zero attached hydrogens (tertiary/aromatic N) is 1. The van der Waals surface area contributed by atoms with E-state index in [0.29, 0.717) is 12.5 Å². The average Bonchev–Trinajstić information content (AvgIpc) is 2.34. The fourth-order valence-corrected chi connectivity index (χ4v) is 2.29. The van der Waals surface area contributed by atoms with Crippen LogP contribution in [-0.2, 0) is 9.59 Å². The zero-order valence-electron chi connectivity index (χ0n) is 10.9. The molecule has 1 saturated heterocycles. The fraction of sp³-hybridized carbons (Fsp3) is 0.750. The minimum absolute atomic E-state index is 0.228. The van der Waals surface area contributed by atoms with Gasteiger partial charge in [0.2, 0.25) is 5.91 Å². The molecule has 4 N–H and O–H groups in total. The molecule has 0 saturated carbocycles. The number of nitrogens with two attached hydrogens (primary N) is 1. The Hall–Kier alpha value is -1.63. The van der Waals surface area contributed by atoms with Crippen molar-refractivity contribution < 1.29 is 19.5 Å². The third-order valence-corrected chi connectivity index (χ3v) is 3.39. The van der Waals surface area contributed by atoms with E-state index in [4.69, 9.17) is 10.8 Å². The SMILES string of the molecule is NC(=O)NC(=O)CCN1CCC(CCC(=O)O)CC1. The number of likely N-dealkylation sites (tertiary alicyclic amines) is 1. The van der Waals surface area contributed by atoms with Gasteiger partial charge < -0.3 is 15.7 Å². The maximum atomic E-state index is 11.2. The van der Waals surface area contributed by atoms with Gasteiger partial charge in [0.1, 0.15) is 0 Å². The number of primary amides is 1. The number of hydrogen-bond donors (Lipinski definition) is 3. The Labute approximate surface area is 112 Å². The predicted octanol–water partition coefficient (Wildman–Crippen LogP) is 0.148. The number of carbonyl (C=O) groups excluding carboxylic acids is 2. The number of rotatable bonds is 6. The van der Waals surface area contributed by atoms with E-state index in [-0.39, 0.29) is 18.7 Å². The van der Waals surface area contributed by atoms with Crippen molar-refractivity contribution in [2.75, 3.05) is 19.6 Å². The van der Waals surface area contributed by atoms with Crippen molar-refractivity contribution in [3.8, 4) is 0 Å². The molecule has 0 aromatic rings. The van der Waals surface area contributed by atoms with E-state index in [0.717, 1.165) is 32.4 Å². The molecule has 3 amide bonds. The van der Waals surface area contributed by atoms with Gasteiger partial charge in [-0.3, -0.25) is 14.9 Å².